The molecule has 1 rings (SSSR count). The number of nitrogens with one attached hydrogen (secondary N) is 1. The average molecular weight is 258 g/mol. The zero-order valence-electron chi connectivity index (χ0n) is 10.2. The summed E-state index contributed by atoms with van der Waals surface area (Å²) in [6, 6.07) is 1.80. The number of ether oxygens (including phenoxy) is 1. The monoisotopic (exact) mass is 257 g/mol. The molecular formula is C11H16ClN3O2. The van der Waals surface area contributed by atoms with E-state index in [0.29, 0.717) is 11.6 Å². The number of carbonyl (C=O) groups is 1. The van der Waals surface area contributed by atoms with Crippen LogP contribution in [0.15, 0.2) is 12.3 Å². The molecule has 5 nitrogen and oxygen atoms in total. The van der Waals surface area contributed by atoms with Crippen molar-refractivity contribution in [2.24, 2.45) is 0 Å². The Labute approximate surface area is 106 Å². The predicted molar refractivity (Wildman–Crippen MR) is 69.1 cm³/mol. The van der Waals surface area contributed by atoms with Crippen LogP contribution >= 0.6 is 11.6 Å². The Morgan fingerprint density at radius 3 is 2.82 bits per heavy atom. The number of aromatic nitrogens is 1. The van der Waals surface area contributed by atoms with Gasteiger partial charge in [0.05, 0.1) is 12.8 Å². The van der Waals surface area contributed by atoms with Crippen LogP contribution in [0.4, 0.5) is 11.4 Å². The third kappa shape index (κ3) is 3.49. The number of hydrogen-bond acceptors (Lipinski definition) is 4. The Hall–Kier alpha value is -1.49. The number of alkyl halides is 1. The van der Waals surface area contributed by atoms with Crippen molar-refractivity contribution in [1.82, 2.24) is 4.98 Å². The Bertz CT molecular complexity index is 396. The molecule has 1 aromatic heterocycles. The molecule has 1 amide bonds. The highest BCUT2D eigenvalue weighted by Crippen LogP contribution is 2.31. The number of nitrogens with zero attached hydrogens (tertiary/aromatic N) is 2. The standard InChI is InChI=1S/C11H16ClN3O2/c1-15(2)8-5-7-13-11(17-3)10(8)14-9(16)4-6-12/h5,7H,4,6H2,1-3H3,(H,14,16). The molecule has 94 valence electrons. The molecule has 0 saturated heterocycles. The molecule has 0 aliphatic carbocycles. The predicted octanol–water partition coefficient (Wildman–Crippen LogP) is 1.72. The van der Waals surface area contributed by atoms with E-state index in [-0.39, 0.29) is 18.2 Å². The van der Waals surface area contributed by atoms with Gasteiger partial charge in [0.25, 0.3) is 0 Å². The number of amides is 1. The molecule has 1 heterocycles. The summed E-state index contributed by atoms with van der Waals surface area (Å²) < 4.78 is 5.13. The molecule has 0 spiro atoms. The molecule has 0 saturated carbocycles. The molecule has 6 heteroatoms. The minimum Gasteiger partial charge on any atom is -0.479 e. The molecule has 17 heavy (non-hydrogen) atoms. The molecule has 0 aliphatic rings. The van der Waals surface area contributed by atoms with Gasteiger partial charge in [-0.05, 0) is 6.07 Å². The van der Waals surface area contributed by atoms with Crippen molar-refractivity contribution in [1.29, 1.82) is 0 Å². The summed E-state index contributed by atoms with van der Waals surface area (Å²) in [4.78, 5) is 17.5. The number of rotatable bonds is 5. The van der Waals surface area contributed by atoms with Gasteiger partial charge in [-0.25, -0.2) is 4.98 Å². The quantitative estimate of drug-likeness (QED) is 0.816. The summed E-state index contributed by atoms with van der Waals surface area (Å²) in [5.41, 5.74) is 1.40. The van der Waals surface area contributed by atoms with Crippen LogP contribution in [-0.4, -0.2) is 38.0 Å². The maximum atomic E-state index is 11.6. The number of anilines is 2. The molecule has 0 atom stereocenters. The third-order valence-electron chi connectivity index (χ3n) is 2.16. The second-order valence-electron chi connectivity index (χ2n) is 3.60. The molecule has 1 N–H and O–H groups in total. The Balaban J connectivity index is 3.04. The van der Waals surface area contributed by atoms with Gasteiger partial charge in [0.15, 0.2) is 0 Å². The van der Waals surface area contributed by atoms with E-state index < -0.39 is 0 Å². The molecule has 0 aliphatic heterocycles. The summed E-state index contributed by atoms with van der Waals surface area (Å²) in [6.45, 7) is 0. The number of carbonyl (C=O) groups excluding carboxylic acids is 1. The Morgan fingerprint density at radius 1 is 1.59 bits per heavy atom. The lowest BCUT2D eigenvalue weighted by Gasteiger charge is -2.19. The topological polar surface area (TPSA) is 54.5 Å². The van der Waals surface area contributed by atoms with Crippen LogP contribution in [0.5, 0.6) is 5.88 Å². The van der Waals surface area contributed by atoms with Crippen LogP contribution in [-0.2, 0) is 4.79 Å². The van der Waals surface area contributed by atoms with E-state index in [2.05, 4.69) is 10.3 Å². The van der Waals surface area contributed by atoms with Crippen LogP contribution in [0.25, 0.3) is 0 Å². The largest absolute Gasteiger partial charge is 0.479 e. The Kier molecular flexibility index (Phi) is 5.03. The minimum absolute atomic E-state index is 0.158. The average Bonchev–Trinajstić information content (AvgIpc) is 2.29. The SMILES string of the molecule is COc1nccc(N(C)C)c1NC(=O)CCCl. The molecule has 0 fully saturated rings. The lowest BCUT2D eigenvalue weighted by molar-refractivity contribution is -0.115. The highest BCUT2D eigenvalue weighted by atomic mass is 35.5. The minimum atomic E-state index is -0.158. The zero-order valence-corrected chi connectivity index (χ0v) is 10.9. The van der Waals surface area contributed by atoms with E-state index in [1.165, 1.54) is 7.11 Å². The molecule has 1 aromatic rings. The summed E-state index contributed by atoms with van der Waals surface area (Å²) in [6.07, 6.45) is 1.89. The summed E-state index contributed by atoms with van der Waals surface area (Å²) in [5, 5.41) is 2.76. The fraction of sp³-hybridized carbons (Fsp3) is 0.455. The fourth-order valence-electron chi connectivity index (χ4n) is 1.37. The first kappa shape index (κ1) is 13.6. The van der Waals surface area contributed by atoms with Gasteiger partial charge in [-0.2, -0.15) is 0 Å². The first-order chi connectivity index (χ1) is 8.10. The second kappa shape index (κ2) is 6.30. The Morgan fingerprint density at radius 2 is 2.29 bits per heavy atom. The first-order valence-corrected chi connectivity index (χ1v) is 5.69. The van der Waals surface area contributed by atoms with E-state index in [1.54, 1.807) is 12.3 Å². The van der Waals surface area contributed by atoms with Gasteiger partial charge < -0.3 is 15.0 Å². The van der Waals surface area contributed by atoms with E-state index in [4.69, 9.17) is 16.3 Å². The summed E-state index contributed by atoms with van der Waals surface area (Å²) in [7, 11) is 5.27. The fourth-order valence-corrected chi connectivity index (χ4v) is 1.54. The lowest BCUT2D eigenvalue weighted by Crippen LogP contribution is -2.18. The van der Waals surface area contributed by atoms with Gasteiger partial charge in [-0.15, -0.1) is 11.6 Å². The van der Waals surface area contributed by atoms with Gasteiger partial charge in [0.2, 0.25) is 11.8 Å². The van der Waals surface area contributed by atoms with Crippen LogP contribution in [0.1, 0.15) is 6.42 Å². The number of hydrogen-bond donors (Lipinski definition) is 1. The van der Waals surface area contributed by atoms with E-state index >= 15 is 0 Å². The van der Waals surface area contributed by atoms with Crippen LogP contribution in [0.3, 0.4) is 0 Å². The van der Waals surface area contributed by atoms with Crippen molar-refractivity contribution in [3.63, 3.8) is 0 Å². The molecule has 0 unspecified atom stereocenters. The van der Waals surface area contributed by atoms with E-state index in [9.17, 15) is 4.79 Å². The number of methoxy groups -OCH3 is 1. The van der Waals surface area contributed by atoms with Gasteiger partial charge >= 0.3 is 0 Å². The molecule has 0 aromatic carbocycles. The van der Waals surface area contributed by atoms with Crippen molar-refractivity contribution in [3.8, 4) is 5.88 Å². The maximum absolute atomic E-state index is 11.6. The van der Waals surface area contributed by atoms with Gasteiger partial charge in [-0.3, -0.25) is 4.79 Å². The van der Waals surface area contributed by atoms with Crippen molar-refractivity contribution in [3.05, 3.63) is 12.3 Å². The molecular weight excluding hydrogens is 242 g/mol. The summed E-state index contributed by atoms with van der Waals surface area (Å²) >= 11 is 5.52. The highest BCUT2D eigenvalue weighted by molar-refractivity contribution is 6.19. The number of pyridine rings is 1. The maximum Gasteiger partial charge on any atom is 0.239 e. The first-order valence-electron chi connectivity index (χ1n) is 5.16. The number of halogens is 1. The van der Waals surface area contributed by atoms with Crippen molar-refractivity contribution >= 4 is 28.9 Å². The van der Waals surface area contributed by atoms with Crippen molar-refractivity contribution < 1.29 is 9.53 Å². The normalized spacial score (nSPS) is 9.88. The van der Waals surface area contributed by atoms with Gasteiger partial charge in [0, 0.05) is 32.6 Å². The second-order valence-corrected chi connectivity index (χ2v) is 3.97. The smallest absolute Gasteiger partial charge is 0.239 e. The van der Waals surface area contributed by atoms with Crippen LogP contribution in [0.2, 0.25) is 0 Å². The zero-order chi connectivity index (χ0) is 12.8. The highest BCUT2D eigenvalue weighted by Gasteiger charge is 2.14. The van der Waals surface area contributed by atoms with Crippen LogP contribution < -0.4 is 15.0 Å². The van der Waals surface area contributed by atoms with Crippen molar-refractivity contribution in [2.45, 2.75) is 6.42 Å². The van der Waals surface area contributed by atoms with E-state index in [0.717, 1.165) is 5.69 Å². The molecule has 0 radical (unpaired) electrons. The van der Waals surface area contributed by atoms with E-state index in [1.807, 2.05) is 19.0 Å². The molecule has 0 bridgehead atoms. The van der Waals surface area contributed by atoms with Gasteiger partial charge in [0.1, 0.15) is 5.69 Å². The lowest BCUT2D eigenvalue weighted by atomic mass is 10.3. The van der Waals surface area contributed by atoms with Gasteiger partial charge in [-0.1, -0.05) is 0 Å². The van der Waals surface area contributed by atoms with Crippen molar-refractivity contribution in [2.75, 3.05) is 37.3 Å². The van der Waals surface area contributed by atoms with Crippen LogP contribution in [0, 0.1) is 0 Å². The third-order valence-corrected chi connectivity index (χ3v) is 2.34. The summed E-state index contributed by atoms with van der Waals surface area (Å²) in [5.74, 6) is 0.514.